The van der Waals surface area contributed by atoms with Crippen molar-refractivity contribution in [2.24, 2.45) is 0 Å². The molecular formula is C23H25N3O3. The Balaban J connectivity index is 0.000000212. The van der Waals surface area contributed by atoms with E-state index in [1.807, 2.05) is 19.9 Å². The first-order valence-electron chi connectivity index (χ1n) is 9.37. The number of nitrogens with two attached hydrogens (primary N) is 1. The van der Waals surface area contributed by atoms with E-state index in [0.29, 0.717) is 16.9 Å². The quantitative estimate of drug-likeness (QED) is 0.510. The average Bonchev–Trinajstić information content (AvgIpc) is 2.76. The molecule has 0 atom stereocenters. The molecule has 6 heteroatoms. The number of carbonyl (C=O) groups excluding carboxylic acids is 2. The molecule has 1 aromatic heterocycles. The van der Waals surface area contributed by atoms with Gasteiger partial charge in [0.2, 0.25) is 0 Å². The third-order valence-electron chi connectivity index (χ3n) is 4.29. The second-order valence-electron chi connectivity index (χ2n) is 6.13. The third-order valence-corrected chi connectivity index (χ3v) is 4.29. The Bertz CT molecular complexity index is 907. The Kier molecular flexibility index (Phi) is 7.91. The van der Waals surface area contributed by atoms with Crippen molar-refractivity contribution in [1.82, 2.24) is 9.88 Å². The minimum absolute atomic E-state index is 0.00519. The molecule has 0 aliphatic carbocycles. The summed E-state index contributed by atoms with van der Waals surface area (Å²) in [5.74, 6) is -0.294. The zero-order chi connectivity index (χ0) is 21.2. The molecule has 0 aliphatic heterocycles. The number of ketones is 1. The lowest BCUT2D eigenvalue weighted by Gasteiger charge is -2.17. The highest BCUT2D eigenvalue weighted by atomic mass is 16.3. The number of hydrogen-bond donors (Lipinski definition) is 2. The van der Waals surface area contributed by atoms with Gasteiger partial charge in [0.25, 0.3) is 5.91 Å². The number of aromatic hydroxyl groups is 1. The molecule has 0 radical (unpaired) electrons. The molecule has 0 saturated heterocycles. The van der Waals surface area contributed by atoms with Gasteiger partial charge in [-0.15, -0.1) is 0 Å². The van der Waals surface area contributed by atoms with Gasteiger partial charge in [0.1, 0.15) is 11.4 Å². The van der Waals surface area contributed by atoms with Crippen LogP contribution in [0.5, 0.6) is 5.75 Å². The Labute approximate surface area is 170 Å². The van der Waals surface area contributed by atoms with Gasteiger partial charge in [0, 0.05) is 30.5 Å². The van der Waals surface area contributed by atoms with Gasteiger partial charge in [0.15, 0.2) is 5.78 Å². The van der Waals surface area contributed by atoms with Crippen LogP contribution in [0.3, 0.4) is 0 Å². The molecule has 0 saturated carbocycles. The van der Waals surface area contributed by atoms with E-state index in [-0.39, 0.29) is 23.0 Å². The fourth-order valence-corrected chi connectivity index (χ4v) is 2.68. The molecule has 29 heavy (non-hydrogen) atoms. The van der Waals surface area contributed by atoms with Gasteiger partial charge in [-0.1, -0.05) is 30.3 Å². The van der Waals surface area contributed by atoms with Crippen LogP contribution in [-0.4, -0.2) is 39.8 Å². The number of pyridine rings is 1. The summed E-state index contributed by atoms with van der Waals surface area (Å²) in [7, 11) is 0. The molecule has 0 spiro atoms. The number of rotatable bonds is 5. The lowest BCUT2D eigenvalue weighted by atomic mass is 10.0. The minimum Gasteiger partial charge on any atom is -0.507 e. The topological polar surface area (TPSA) is 96.5 Å². The van der Waals surface area contributed by atoms with E-state index in [1.54, 1.807) is 65.7 Å². The maximum Gasteiger partial charge on any atom is 0.272 e. The highest BCUT2D eigenvalue weighted by molar-refractivity contribution is 6.13. The van der Waals surface area contributed by atoms with Crippen molar-refractivity contribution < 1.29 is 14.7 Å². The number of phenols is 1. The van der Waals surface area contributed by atoms with Gasteiger partial charge < -0.3 is 15.7 Å². The molecule has 2 aromatic carbocycles. The molecule has 0 aliphatic rings. The second-order valence-corrected chi connectivity index (χ2v) is 6.13. The number of hydrogen-bond acceptors (Lipinski definition) is 5. The normalized spacial score (nSPS) is 9.86. The first-order valence-corrected chi connectivity index (χ1v) is 9.37. The molecule has 0 fully saturated rings. The Morgan fingerprint density at radius 1 is 0.897 bits per heavy atom. The number of nitrogens with zero attached hydrogens (tertiary/aromatic N) is 2. The number of para-hydroxylation sites is 2. The molecule has 3 rings (SSSR count). The fourth-order valence-electron chi connectivity index (χ4n) is 2.68. The lowest BCUT2D eigenvalue weighted by molar-refractivity contribution is 0.0767. The summed E-state index contributed by atoms with van der Waals surface area (Å²) in [4.78, 5) is 29.5. The maximum absolute atomic E-state index is 12.0. The van der Waals surface area contributed by atoms with Gasteiger partial charge in [0.05, 0.1) is 5.56 Å². The summed E-state index contributed by atoms with van der Waals surface area (Å²) >= 11 is 0. The average molecular weight is 391 g/mol. The predicted molar refractivity (Wildman–Crippen MR) is 114 cm³/mol. The van der Waals surface area contributed by atoms with Crippen LogP contribution < -0.4 is 5.73 Å². The summed E-state index contributed by atoms with van der Waals surface area (Å²) < 4.78 is 0. The first kappa shape index (κ1) is 21.6. The Hall–Kier alpha value is -3.67. The summed E-state index contributed by atoms with van der Waals surface area (Å²) in [6, 6.07) is 18.6. The lowest BCUT2D eigenvalue weighted by Crippen LogP contribution is -2.30. The summed E-state index contributed by atoms with van der Waals surface area (Å²) in [6.07, 6.45) is 1.64. The predicted octanol–water partition coefficient (Wildman–Crippen LogP) is 3.77. The van der Waals surface area contributed by atoms with Gasteiger partial charge >= 0.3 is 0 Å². The Morgan fingerprint density at radius 2 is 1.48 bits per heavy atom. The highest BCUT2D eigenvalue weighted by Crippen LogP contribution is 2.22. The molecule has 3 aromatic rings. The van der Waals surface area contributed by atoms with E-state index in [9.17, 15) is 14.7 Å². The van der Waals surface area contributed by atoms with E-state index in [1.165, 1.54) is 6.07 Å². The fraction of sp³-hybridized carbons (Fsp3) is 0.174. The highest BCUT2D eigenvalue weighted by Gasteiger charge is 2.14. The standard InChI is InChI=1S/C13H11NO2.C10H14N2O/c14-11-7-3-1-5-9(11)13(16)10-6-2-4-8-12(10)15;1-3-12(4-2)10(13)9-7-5-6-8-11-9/h1-8,15H,14H2;5-8H,3-4H2,1-2H3. The summed E-state index contributed by atoms with van der Waals surface area (Å²) in [5, 5.41) is 9.57. The van der Waals surface area contributed by atoms with Crippen molar-refractivity contribution in [2.45, 2.75) is 13.8 Å². The second kappa shape index (κ2) is 10.6. The SMILES string of the molecule is CCN(CC)C(=O)c1ccccn1.Nc1ccccc1C(=O)c1ccccc1O. The summed E-state index contributed by atoms with van der Waals surface area (Å²) in [6.45, 7) is 5.38. The molecule has 3 N–H and O–H groups in total. The molecule has 1 heterocycles. The van der Waals surface area contributed by atoms with Gasteiger partial charge in [-0.3, -0.25) is 14.6 Å². The zero-order valence-electron chi connectivity index (χ0n) is 16.6. The zero-order valence-corrected chi connectivity index (χ0v) is 16.6. The van der Waals surface area contributed by atoms with Crippen LogP contribution in [0.15, 0.2) is 72.9 Å². The van der Waals surface area contributed by atoms with Gasteiger partial charge in [-0.2, -0.15) is 0 Å². The van der Waals surface area contributed by atoms with Crippen molar-refractivity contribution in [3.05, 3.63) is 89.7 Å². The number of carbonyl (C=O) groups is 2. The Morgan fingerprint density at radius 3 is 2.03 bits per heavy atom. The number of nitrogen functional groups attached to an aromatic ring is 1. The van der Waals surface area contributed by atoms with Crippen LogP contribution >= 0.6 is 0 Å². The van der Waals surface area contributed by atoms with Crippen LogP contribution in [0.25, 0.3) is 0 Å². The van der Waals surface area contributed by atoms with Gasteiger partial charge in [-0.05, 0) is 50.2 Å². The van der Waals surface area contributed by atoms with Crippen LogP contribution in [0.4, 0.5) is 5.69 Å². The smallest absolute Gasteiger partial charge is 0.272 e. The van der Waals surface area contributed by atoms with Crippen LogP contribution in [0.2, 0.25) is 0 Å². The van der Waals surface area contributed by atoms with Crippen molar-refractivity contribution in [2.75, 3.05) is 18.8 Å². The van der Waals surface area contributed by atoms with E-state index in [0.717, 1.165) is 13.1 Å². The first-order chi connectivity index (χ1) is 14.0. The van der Waals surface area contributed by atoms with Crippen LogP contribution in [0, 0.1) is 0 Å². The molecule has 6 nitrogen and oxygen atoms in total. The van der Waals surface area contributed by atoms with Crippen molar-refractivity contribution >= 4 is 17.4 Å². The molecule has 0 unspecified atom stereocenters. The summed E-state index contributed by atoms with van der Waals surface area (Å²) in [5.41, 5.74) is 7.31. The molecule has 1 amide bonds. The molecular weight excluding hydrogens is 366 g/mol. The van der Waals surface area contributed by atoms with Crippen LogP contribution in [0.1, 0.15) is 40.3 Å². The number of amides is 1. The van der Waals surface area contributed by atoms with Crippen LogP contribution in [-0.2, 0) is 0 Å². The van der Waals surface area contributed by atoms with E-state index < -0.39 is 0 Å². The largest absolute Gasteiger partial charge is 0.507 e. The van der Waals surface area contributed by atoms with Crippen molar-refractivity contribution in [1.29, 1.82) is 0 Å². The van der Waals surface area contributed by atoms with Crippen molar-refractivity contribution in [3.8, 4) is 5.75 Å². The number of phenolic OH excluding ortho intramolecular Hbond substituents is 1. The number of benzene rings is 2. The van der Waals surface area contributed by atoms with E-state index in [2.05, 4.69) is 4.98 Å². The molecule has 0 bridgehead atoms. The van der Waals surface area contributed by atoms with Crippen molar-refractivity contribution in [3.63, 3.8) is 0 Å². The molecule has 150 valence electrons. The number of anilines is 1. The number of aromatic nitrogens is 1. The minimum atomic E-state index is -0.267. The van der Waals surface area contributed by atoms with E-state index in [4.69, 9.17) is 5.73 Å². The maximum atomic E-state index is 12.0. The monoisotopic (exact) mass is 391 g/mol. The third kappa shape index (κ3) is 5.65. The van der Waals surface area contributed by atoms with E-state index >= 15 is 0 Å². The van der Waals surface area contributed by atoms with Gasteiger partial charge in [-0.25, -0.2) is 0 Å².